The number of esters is 2. The number of carbonyl (C=O) groups excluding carboxylic acids is 2. The van der Waals surface area contributed by atoms with E-state index in [1.165, 1.54) is 0 Å². The molecule has 0 spiro atoms. The van der Waals surface area contributed by atoms with E-state index < -0.39 is 11.9 Å². The second kappa shape index (κ2) is 6.73. The zero-order valence-corrected chi connectivity index (χ0v) is 16.1. The van der Waals surface area contributed by atoms with Crippen molar-refractivity contribution in [2.75, 3.05) is 24.7 Å². The second-order valence-corrected chi connectivity index (χ2v) is 6.33. The summed E-state index contributed by atoms with van der Waals surface area (Å²) in [5.74, 6) is -1.70. The molecule has 1 aromatic carbocycles. The van der Waals surface area contributed by atoms with Crippen molar-refractivity contribution < 1.29 is 27.9 Å². The van der Waals surface area contributed by atoms with Crippen molar-refractivity contribution in [1.29, 1.82) is 0 Å². The molecule has 0 unspecified atom stereocenters. The van der Waals surface area contributed by atoms with Gasteiger partial charge < -0.3 is 29.8 Å². The van der Waals surface area contributed by atoms with Crippen LogP contribution in [-0.4, -0.2) is 25.2 Å². The minimum atomic E-state index is -0.693. The summed E-state index contributed by atoms with van der Waals surface area (Å²) in [4.78, 5) is 24.5. The van der Waals surface area contributed by atoms with Gasteiger partial charge in [0, 0.05) is 0 Å². The Morgan fingerprint density at radius 2 is 1.42 bits per heavy atom. The van der Waals surface area contributed by atoms with Crippen molar-refractivity contribution in [3.05, 3.63) is 20.6 Å². The van der Waals surface area contributed by atoms with Crippen LogP contribution in [0.2, 0.25) is 5.02 Å². The van der Waals surface area contributed by atoms with Crippen LogP contribution in [0.1, 0.15) is 34.6 Å². The van der Waals surface area contributed by atoms with Crippen LogP contribution in [0.4, 0.5) is 11.8 Å². The Labute approximate surface area is 160 Å². The predicted octanol–water partition coefficient (Wildman–Crippen LogP) is 4.11. The summed E-state index contributed by atoms with van der Waals surface area (Å²) in [6.45, 7) is 3.62. The number of halogens is 2. The summed E-state index contributed by atoms with van der Waals surface area (Å²) in [6.07, 6.45) is 0. The highest BCUT2D eigenvalue weighted by molar-refractivity contribution is 9.10. The minimum Gasteiger partial charge on any atom is -0.462 e. The third kappa shape index (κ3) is 2.58. The van der Waals surface area contributed by atoms with Crippen molar-refractivity contribution in [3.8, 4) is 0 Å². The maximum Gasteiger partial charge on any atom is 0.344 e. The molecule has 0 amide bonds. The SMILES string of the molecule is CCOC(=O)c1c(N)oc2c(Br)c3c(C(=O)OCC)c(N)oc3c(Cl)c12. The number of hydrogen-bond acceptors (Lipinski definition) is 8. The first kappa shape index (κ1) is 18.4. The Hall–Kier alpha value is -2.39. The van der Waals surface area contributed by atoms with E-state index in [4.69, 9.17) is 41.4 Å². The molecule has 138 valence electrons. The average molecular weight is 446 g/mol. The summed E-state index contributed by atoms with van der Waals surface area (Å²) >= 11 is 9.78. The van der Waals surface area contributed by atoms with E-state index in [2.05, 4.69) is 15.9 Å². The van der Waals surface area contributed by atoms with Gasteiger partial charge in [-0.25, -0.2) is 9.59 Å². The van der Waals surface area contributed by atoms with Crippen molar-refractivity contribution >= 4 is 73.2 Å². The molecular formula is C16H14BrClN2O6. The third-order valence-electron chi connectivity index (χ3n) is 3.67. The molecule has 2 aromatic heterocycles. The predicted molar refractivity (Wildman–Crippen MR) is 99.4 cm³/mol. The molecule has 0 aliphatic rings. The van der Waals surface area contributed by atoms with Crippen LogP contribution in [0.25, 0.3) is 21.9 Å². The Bertz CT molecular complexity index is 971. The Morgan fingerprint density at radius 3 is 1.92 bits per heavy atom. The number of anilines is 2. The zero-order chi connectivity index (χ0) is 19.2. The van der Waals surface area contributed by atoms with Gasteiger partial charge in [0.05, 0.1) is 33.5 Å². The first-order valence-electron chi connectivity index (χ1n) is 7.58. The molecule has 26 heavy (non-hydrogen) atoms. The number of carbonyl (C=O) groups is 2. The number of benzene rings is 1. The first-order valence-corrected chi connectivity index (χ1v) is 8.75. The van der Waals surface area contributed by atoms with Crippen LogP contribution in [0.15, 0.2) is 13.3 Å². The molecule has 0 saturated carbocycles. The third-order valence-corrected chi connectivity index (χ3v) is 4.79. The van der Waals surface area contributed by atoms with E-state index in [0.717, 1.165) is 0 Å². The van der Waals surface area contributed by atoms with Crippen molar-refractivity contribution in [3.63, 3.8) is 0 Å². The Morgan fingerprint density at radius 1 is 0.962 bits per heavy atom. The maximum absolute atomic E-state index is 12.3. The van der Waals surface area contributed by atoms with E-state index in [-0.39, 0.29) is 63.1 Å². The van der Waals surface area contributed by atoms with E-state index in [0.29, 0.717) is 4.47 Å². The summed E-state index contributed by atoms with van der Waals surface area (Å²) < 4.78 is 21.3. The lowest BCUT2D eigenvalue weighted by Gasteiger charge is -2.04. The van der Waals surface area contributed by atoms with Crippen molar-refractivity contribution in [2.45, 2.75) is 13.8 Å². The summed E-state index contributed by atoms with van der Waals surface area (Å²) in [6, 6.07) is 0. The van der Waals surface area contributed by atoms with E-state index in [1.807, 2.05) is 0 Å². The summed E-state index contributed by atoms with van der Waals surface area (Å²) in [7, 11) is 0. The van der Waals surface area contributed by atoms with Crippen LogP contribution in [0.3, 0.4) is 0 Å². The highest BCUT2D eigenvalue weighted by Crippen LogP contribution is 2.47. The van der Waals surface area contributed by atoms with Crippen LogP contribution >= 0.6 is 27.5 Å². The van der Waals surface area contributed by atoms with E-state index >= 15 is 0 Å². The van der Waals surface area contributed by atoms with Gasteiger partial charge in [0.2, 0.25) is 11.8 Å². The second-order valence-electron chi connectivity index (χ2n) is 5.16. The number of rotatable bonds is 4. The standard InChI is InChI=1S/C16H14BrClN2O6/c1-3-23-15(21)7-5-9(17)11-6(10(18)12(5)26-13(7)19)8(14(20)25-11)16(22)24-4-2/h3-4,19-20H2,1-2H3. The fraction of sp³-hybridized carbons (Fsp3) is 0.250. The number of nitrogens with two attached hydrogens (primary N) is 2. The molecule has 3 rings (SSSR count). The molecule has 0 aliphatic carbocycles. The number of furan rings is 2. The minimum absolute atomic E-state index is 0.00480. The molecule has 0 saturated heterocycles. The number of fused-ring (bicyclic) bond motifs is 2. The molecule has 4 N–H and O–H groups in total. The number of nitrogen functional groups attached to an aromatic ring is 2. The highest BCUT2D eigenvalue weighted by Gasteiger charge is 2.31. The van der Waals surface area contributed by atoms with Gasteiger partial charge in [0.25, 0.3) is 0 Å². The molecule has 0 aliphatic heterocycles. The van der Waals surface area contributed by atoms with Crippen LogP contribution in [0, 0.1) is 0 Å². The molecule has 0 radical (unpaired) electrons. The topological polar surface area (TPSA) is 131 Å². The lowest BCUT2D eigenvalue weighted by atomic mass is 10.1. The monoisotopic (exact) mass is 444 g/mol. The van der Waals surface area contributed by atoms with Gasteiger partial charge in [-0.1, -0.05) is 11.6 Å². The Balaban J connectivity index is 2.42. The summed E-state index contributed by atoms with van der Waals surface area (Å²) in [5.41, 5.74) is 11.9. The normalized spacial score (nSPS) is 11.2. The largest absolute Gasteiger partial charge is 0.462 e. The van der Waals surface area contributed by atoms with Gasteiger partial charge in [0.1, 0.15) is 11.1 Å². The molecule has 2 heterocycles. The van der Waals surface area contributed by atoms with Gasteiger partial charge in [-0.05, 0) is 29.8 Å². The quantitative estimate of drug-likeness (QED) is 0.573. The molecule has 0 bridgehead atoms. The molecule has 3 aromatic rings. The maximum atomic E-state index is 12.3. The van der Waals surface area contributed by atoms with Crippen LogP contribution in [0.5, 0.6) is 0 Å². The molecule has 8 nitrogen and oxygen atoms in total. The smallest absolute Gasteiger partial charge is 0.344 e. The highest BCUT2D eigenvalue weighted by atomic mass is 79.9. The Kier molecular flexibility index (Phi) is 4.76. The van der Waals surface area contributed by atoms with Gasteiger partial charge in [-0.3, -0.25) is 0 Å². The van der Waals surface area contributed by atoms with Crippen LogP contribution in [-0.2, 0) is 9.47 Å². The van der Waals surface area contributed by atoms with Crippen LogP contribution < -0.4 is 11.5 Å². The molecular weight excluding hydrogens is 432 g/mol. The number of ether oxygens (including phenoxy) is 2. The average Bonchev–Trinajstić information content (AvgIpc) is 3.11. The fourth-order valence-electron chi connectivity index (χ4n) is 2.66. The van der Waals surface area contributed by atoms with Crippen molar-refractivity contribution in [2.24, 2.45) is 0 Å². The molecule has 0 fully saturated rings. The fourth-order valence-corrected chi connectivity index (χ4v) is 3.64. The van der Waals surface area contributed by atoms with Crippen molar-refractivity contribution in [1.82, 2.24) is 0 Å². The van der Waals surface area contributed by atoms with E-state index in [1.54, 1.807) is 13.8 Å². The zero-order valence-electron chi connectivity index (χ0n) is 13.8. The molecule has 10 heteroatoms. The van der Waals surface area contributed by atoms with Gasteiger partial charge in [-0.2, -0.15) is 0 Å². The van der Waals surface area contributed by atoms with Gasteiger partial charge >= 0.3 is 11.9 Å². The molecule has 0 atom stereocenters. The summed E-state index contributed by atoms with van der Waals surface area (Å²) in [5, 5.41) is 0.484. The van der Waals surface area contributed by atoms with Gasteiger partial charge in [0.15, 0.2) is 11.2 Å². The lowest BCUT2D eigenvalue weighted by molar-refractivity contribution is 0.0519. The number of hydrogen-bond donors (Lipinski definition) is 2. The lowest BCUT2D eigenvalue weighted by Crippen LogP contribution is -2.07. The first-order chi connectivity index (χ1) is 12.3. The van der Waals surface area contributed by atoms with Gasteiger partial charge in [-0.15, -0.1) is 0 Å². The van der Waals surface area contributed by atoms with E-state index in [9.17, 15) is 9.59 Å².